The molecule has 174 valence electrons. The highest BCUT2D eigenvalue weighted by Crippen LogP contribution is 2.31. The Kier molecular flexibility index (Phi) is 5.98. The van der Waals surface area contributed by atoms with Crippen LogP contribution in [0.4, 0.5) is 14.5 Å². The molecule has 0 radical (unpaired) electrons. The van der Waals surface area contributed by atoms with Gasteiger partial charge in [-0.05, 0) is 12.1 Å². The second kappa shape index (κ2) is 8.74. The number of carbonyl (C=O) groups is 2. The lowest BCUT2D eigenvalue weighted by atomic mass is 9.90. The highest BCUT2D eigenvalue weighted by atomic mass is 19.1. The third kappa shape index (κ3) is 4.49. The number of rotatable bonds is 4. The van der Waals surface area contributed by atoms with Crippen molar-refractivity contribution < 1.29 is 23.1 Å². The number of imidazole rings is 1. The lowest BCUT2D eigenvalue weighted by molar-refractivity contribution is 0.0298. The number of nitrogens with one attached hydrogen (secondary N) is 3. The maximum Gasteiger partial charge on any atom is 0.274 e. The van der Waals surface area contributed by atoms with Gasteiger partial charge in [-0.15, -0.1) is 0 Å². The van der Waals surface area contributed by atoms with Gasteiger partial charge in [-0.25, -0.2) is 13.8 Å². The largest absolute Gasteiger partial charge is 0.378 e. The van der Waals surface area contributed by atoms with Gasteiger partial charge < -0.3 is 19.9 Å². The number of ether oxygens (including phenoxy) is 1. The summed E-state index contributed by atoms with van der Waals surface area (Å²) < 4.78 is 33.3. The molecule has 0 atom stereocenters. The summed E-state index contributed by atoms with van der Waals surface area (Å²) in [5.74, 6) is -2.91. The highest BCUT2D eigenvalue weighted by Gasteiger charge is 2.31. The maximum absolute atomic E-state index is 14.0. The molecule has 0 saturated carbocycles. The first kappa shape index (κ1) is 22.6. The number of hydrogen-bond acceptors (Lipinski definition) is 5. The van der Waals surface area contributed by atoms with Crippen LogP contribution in [0.2, 0.25) is 0 Å². The first-order chi connectivity index (χ1) is 15.7. The average molecular weight is 458 g/mol. The molecule has 11 heteroatoms. The zero-order chi connectivity index (χ0) is 23.8. The van der Waals surface area contributed by atoms with Crippen molar-refractivity contribution in [1.82, 2.24) is 25.1 Å². The zero-order valence-corrected chi connectivity index (χ0v) is 18.5. The van der Waals surface area contributed by atoms with E-state index < -0.39 is 28.5 Å². The number of halogens is 2. The lowest BCUT2D eigenvalue weighted by Crippen LogP contribution is -2.41. The summed E-state index contributed by atoms with van der Waals surface area (Å²) in [6.07, 6.45) is 1.30. The number of H-pyrrole nitrogens is 2. The molecule has 3 aromatic rings. The van der Waals surface area contributed by atoms with E-state index in [4.69, 9.17) is 4.74 Å². The quantitative estimate of drug-likeness (QED) is 0.556. The standard InChI is InChI=1S/C22H24F2N6O3/c1-22(2,3)18-17(21(32)30-7-9-33-10-8-30)27-19(28-18)16-14(11-25-29-16)26-20(31)15-12(23)5-4-6-13(15)24/h4-6,11H,7-10H2,1-3H3,(H,25,29)(H,26,31)(H,27,28). The fourth-order valence-electron chi connectivity index (χ4n) is 3.57. The van der Waals surface area contributed by atoms with Gasteiger partial charge in [0.15, 0.2) is 11.5 Å². The molecular weight excluding hydrogens is 434 g/mol. The Morgan fingerprint density at radius 1 is 1.15 bits per heavy atom. The van der Waals surface area contributed by atoms with Crippen LogP contribution < -0.4 is 5.32 Å². The molecule has 3 heterocycles. The van der Waals surface area contributed by atoms with Gasteiger partial charge in [0.2, 0.25) is 0 Å². The van der Waals surface area contributed by atoms with E-state index in [0.29, 0.717) is 32.0 Å². The Labute approximate surface area is 188 Å². The van der Waals surface area contributed by atoms with Crippen LogP contribution in [0.25, 0.3) is 11.5 Å². The van der Waals surface area contributed by atoms with Gasteiger partial charge in [-0.2, -0.15) is 5.10 Å². The number of nitrogens with zero attached hydrogens (tertiary/aromatic N) is 3. The van der Waals surface area contributed by atoms with Crippen LogP contribution in [0.5, 0.6) is 0 Å². The van der Waals surface area contributed by atoms with Crippen molar-refractivity contribution in [2.45, 2.75) is 26.2 Å². The van der Waals surface area contributed by atoms with Crippen LogP contribution in [-0.4, -0.2) is 63.2 Å². The van der Waals surface area contributed by atoms with E-state index in [1.807, 2.05) is 20.8 Å². The van der Waals surface area contributed by atoms with E-state index in [1.54, 1.807) is 4.90 Å². The van der Waals surface area contributed by atoms with E-state index in [-0.39, 0.29) is 28.8 Å². The number of carbonyl (C=O) groups excluding carboxylic acids is 2. The molecule has 1 fully saturated rings. The molecule has 2 aromatic heterocycles. The minimum Gasteiger partial charge on any atom is -0.378 e. The van der Waals surface area contributed by atoms with Crippen LogP contribution in [0.15, 0.2) is 24.4 Å². The molecule has 9 nitrogen and oxygen atoms in total. The summed E-state index contributed by atoms with van der Waals surface area (Å²) in [5.41, 5.74) is 0.145. The predicted octanol–water partition coefficient (Wildman–Crippen LogP) is 3.10. The predicted molar refractivity (Wildman–Crippen MR) is 116 cm³/mol. The fraction of sp³-hybridized carbons (Fsp3) is 0.364. The van der Waals surface area contributed by atoms with Crippen LogP contribution >= 0.6 is 0 Å². The normalized spacial score (nSPS) is 14.4. The molecule has 1 saturated heterocycles. The summed E-state index contributed by atoms with van der Waals surface area (Å²) >= 11 is 0. The van der Waals surface area contributed by atoms with Crippen molar-refractivity contribution in [3.63, 3.8) is 0 Å². The molecule has 4 rings (SSSR count). The maximum atomic E-state index is 14.0. The number of anilines is 1. The summed E-state index contributed by atoms with van der Waals surface area (Å²) in [6, 6.07) is 3.18. The van der Waals surface area contributed by atoms with Crippen molar-refractivity contribution >= 4 is 17.5 Å². The SMILES string of the molecule is CC(C)(C)c1[nH]c(-c2[nH]ncc2NC(=O)c2c(F)cccc2F)nc1C(=O)N1CCOCC1. The van der Waals surface area contributed by atoms with Gasteiger partial charge in [-0.1, -0.05) is 26.8 Å². The Balaban J connectivity index is 1.68. The van der Waals surface area contributed by atoms with Gasteiger partial charge in [0, 0.05) is 18.5 Å². The molecule has 2 amide bonds. The third-order valence-electron chi connectivity index (χ3n) is 5.27. The monoisotopic (exact) mass is 458 g/mol. The van der Waals surface area contributed by atoms with Crippen LogP contribution in [0.3, 0.4) is 0 Å². The molecule has 3 N–H and O–H groups in total. The topological polar surface area (TPSA) is 116 Å². The molecule has 0 unspecified atom stereocenters. The van der Waals surface area contributed by atoms with Crippen molar-refractivity contribution in [2.75, 3.05) is 31.6 Å². The molecule has 0 spiro atoms. The third-order valence-corrected chi connectivity index (χ3v) is 5.27. The summed E-state index contributed by atoms with van der Waals surface area (Å²) in [6.45, 7) is 7.66. The average Bonchev–Trinajstić information content (AvgIpc) is 3.40. The minimum atomic E-state index is -0.982. The first-order valence-corrected chi connectivity index (χ1v) is 10.4. The van der Waals surface area contributed by atoms with Crippen molar-refractivity contribution in [3.8, 4) is 11.5 Å². The summed E-state index contributed by atoms with van der Waals surface area (Å²) in [4.78, 5) is 35.1. The number of amides is 2. The first-order valence-electron chi connectivity index (χ1n) is 10.4. The number of aromatic nitrogens is 4. The number of benzene rings is 1. The van der Waals surface area contributed by atoms with Gasteiger partial charge >= 0.3 is 0 Å². The van der Waals surface area contributed by atoms with Crippen LogP contribution in [0, 0.1) is 11.6 Å². The number of hydrogen-bond donors (Lipinski definition) is 3. The molecule has 1 aliphatic rings. The number of morpholine rings is 1. The van der Waals surface area contributed by atoms with Crippen molar-refractivity contribution in [2.24, 2.45) is 0 Å². The molecule has 33 heavy (non-hydrogen) atoms. The highest BCUT2D eigenvalue weighted by molar-refractivity contribution is 6.06. The van der Waals surface area contributed by atoms with Gasteiger partial charge in [0.1, 0.15) is 22.9 Å². The molecular formula is C22H24F2N6O3. The summed E-state index contributed by atoms with van der Waals surface area (Å²) in [5, 5.41) is 9.12. The second-order valence-electron chi connectivity index (χ2n) is 8.67. The summed E-state index contributed by atoms with van der Waals surface area (Å²) in [7, 11) is 0. The van der Waals surface area contributed by atoms with E-state index in [1.165, 1.54) is 12.3 Å². The van der Waals surface area contributed by atoms with E-state index >= 15 is 0 Å². The molecule has 0 aliphatic carbocycles. The van der Waals surface area contributed by atoms with Crippen LogP contribution in [-0.2, 0) is 10.2 Å². The van der Waals surface area contributed by atoms with Gasteiger partial charge in [0.25, 0.3) is 11.8 Å². The Hall–Kier alpha value is -3.60. The molecule has 1 aromatic carbocycles. The second-order valence-corrected chi connectivity index (χ2v) is 8.67. The van der Waals surface area contributed by atoms with Gasteiger partial charge in [-0.3, -0.25) is 14.7 Å². The van der Waals surface area contributed by atoms with E-state index in [2.05, 4.69) is 25.5 Å². The van der Waals surface area contributed by atoms with Gasteiger partial charge in [0.05, 0.1) is 30.8 Å². The minimum absolute atomic E-state index is 0.155. The Morgan fingerprint density at radius 2 is 1.82 bits per heavy atom. The van der Waals surface area contributed by atoms with Crippen LogP contribution in [0.1, 0.15) is 47.3 Å². The fourth-order valence-corrected chi connectivity index (χ4v) is 3.57. The lowest BCUT2D eigenvalue weighted by Gasteiger charge is -2.27. The van der Waals surface area contributed by atoms with Crippen molar-refractivity contribution in [1.29, 1.82) is 0 Å². The smallest absolute Gasteiger partial charge is 0.274 e. The van der Waals surface area contributed by atoms with E-state index in [0.717, 1.165) is 12.1 Å². The Morgan fingerprint density at radius 3 is 2.45 bits per heavy atom. The number of aromatic amines is 2. The molecule has 1 aliphatic heterocycles. The Bertz CT molecular complexity index is 1170. The zero-order valence-electron chi connectivity index (χ0n) is 18.5. The van der Waals surface area contributed by atoms with E-state index in [9.17, 15) is 18.4 Å². The molecule has 0 bridgehead atoms. The van der Waals surface area contributed by atoms with Crippen molar-refractivity contribution in [3.05, 3.63) is 53.0 Å².